The van der Waals surface area contributed by atoms with Gasteiger partial charge in [0.05, 0.1) is 44.8 Å². The van der Waals surface area contributed by atoms with E-state index in [1.54, 1.807) is 19.1 Å². The second kappa shape index (κ2) is 8.98. The monoisotopic (exact) mass is 510 g/mol. The molecule has 10 heteroatoms. The van der Waals surface area contributed by atoms with Crippen molar-refractivity contribution < 1.29 is 17.6 Å². The van der Waals surface area contributed by atoms with Gasteiger partial charge in [-0.05, 0) is 62.2 Å². The number of fused-ring (bicyclic) bond motifs is 1. The lowest BCUT2D eigenvalue weighted by atomic mass is 10.1. The van der Waals surface area contributed by atoms with Crippen molar-refractivity contribution in [1.82, 2.24) is 20.3 Å². The fraction of sp³-hybridized carbons (Fsp3) is 0.200. The van der Waals surface area contributed by atoms with Crippen molar-refractivity contribution in [3.05, 3.63) is 82.9 Å². The molecule has 35 heavy (non-hydrogen) atoms. The SMILES string of the molecule is C[C@H](NC(=O)c1cc(Cl)cc(S(=O)(=O)C2CC2)c1)c1nc2ccccc2nc1-c1ccc(F)cn1. The predicted molar refractivity (Wildman–Crippen MR) is 130 cm³/mol. The van der Waals surface area contributed by atoms with E-state index in [0.717, 1.165) is 6.20 Å². The third-order valence-electron chi connectivity index (χ3n) is 5.75. The Hall–Kier alpha value is -3.43. The maximum absolute atomic E-state index is 13.5. The third kappa shape index (κ3) is 4.74. The minimum atomic E-state index is -3.52. The minimum Gasteiger partial charge on any atom is -0.344 e. The summed E-state index contributed by atoms with van der Waals surface area (Å²) in [7, 11) is -3.52. The van der Waals surface area contributed by atoms with Crippen LogP contribution >= 0.6 is 11.6 Å². The van der Waals surface area contributed by atoms with Crippen LogP contribution in [0.1, 0.15) is 41.9 Å². The van der Waals surface area contributed by atoms with Crippen molar-refractivity contribution >= 4 is 38.4 Å². The van der Waals surface area contributed by atoms with Crippen LogP contribution in [0.5, 0.6) is 0 Å². The lowest BCUT2D eigenvalue weighted by Crippen LogP contribution is -2.28. The molecule has 7 nitrogen and oxygen atoms in total. The van der Waals surface area contributed by atoms with Crippen LogP contribution in [-0.4, -0.2) is 34.5 Å². The molecule has 5 rings (SSSR count). The van der Waals surface area contributed by atoms with E-state index in [-0.39, 0.29) is 15.5 Å². The molecule has 2 aromatic carbocycles. The van der Waals surface area contributed by atoms with Crippen LogP contribution in [0.25, 0.3) is 22.4 Å². The van der Waals surface area contributed by atoms with Gasteiger partial charge in [-0.2, -0.15) is 0 Å². The molecule has 2 heterocycles. The van der Waals surface area contributed by atoms with Gasteiger partial charge in [0.25, 0.3) is 5.91 Å². The number of para-hydroxylation sites is 2. The summed E-state index contributed by atoms with van der Waals surface area (Å²) in [5, 5.41) is 2.59. The third-order valence-corrected chi connectivity index (χ3v) is 8.21. The number of nitrogens with zero attached hydrogens (tertiary/aromatic N) is 3. The van der Waals surface area contributed by atoms with Crippen LogP contribution in [-0.2, 0) is 9.84 Å². The van der Waals surface area contributed by atoms with Gasteiger partial charge in [0.2, 0.25) is 0 Å². The lowest BCUT2D eigenvalue weighted by molar-refractivity contribution is 0.0939. The summed E-state index contributed by atoms with van der Waals surface area (Å²) in [4.78, 5) is 26.6. The minimum absolute atomic E-state index is 0.0343. The fourth-order valence-corrected chi connectivity index (χ4v) is 5.82. The highest BCUT2D eigenvalue weighted by molar-refractivity contribution is 7.92. The summed E-state index contributed by atoms with van der Waals surface area (Å²) < 4.78 is 38.8. The molecule has 1 atom stereocenters. The van der Waals surface area contributed by atoms with E-state index < -0.39 is 32.9 Å². The highest BCUT2D eigenvalue weighted by Gasteiger charge is 2.37. The molecule has 1 aliphatic rings. The number of aromatic nitrogens is 3. The standard InChI is InChI=1S/C25H20ClFN4O3S/c1-14(29-25(32)15-10-16(26)12-19(11-15)35(33,34)18-7-8-18)23-24(22-9-6-17(27)13-28-22)31-21-5-3-2-4-20(21)30-23/h2-6,9-14,18H,7-8H2,1H3,(H,29,32)/t14-/m0/s1. The van der Waals surface area contributed by atoms with E-state index in [1.807, 2.05) is 12.1 Å². The molecule has 0 spiro atoms. The van der Waals surface area contributed by atoms with Gasteiger partial charge in [0.15, 0.2) is 9.84 Å². The van der Waals surface area contributed by atoms with Crippen LogP contribution in [0.2, 0.25) is 5.02 Å². The van der Waals surface area contributed by atoms with E-state index >= 15 is 0 Å². The molecule has 4 aromatic rings. The molecule has 0 saturated heterocycles. The Kier molecular flexibility index (Phi) is 5.98. The quantitative estimate of drug-likeness (QED) is 0.395. The first-order valence-corrected chi connectivity index (χ1v) is 12.9. The number of pyridine rings is 1. The Labute approximate surface area is 206 Å². The second-order valence-electron chi connectivity index (χ2n) is 8.42. The highest BCUT2D eigenvalue weighted by atomic mass is 35.5. The van der Waals surface area contributed by atoms with Gasteiger partial charge in [-0.25, -0.2) is 22.8 Å². The second-order valence-corrected chi connectivity index (χ2v) is 11.1. The summed E-state index contributed by atoms with van der Waals surface area (Å²) in [5.41, 5.74) is 2.61. The molecule has 178 valence electrons. The van der Waals surface area contributed by atoms with E-state index in [0.29, 0.717) is 41.0 Å². The van der Waals surface area contributed by atoms with Gasteiger partial charge < -0.3 is 5.32 Å². The summed E-state index contributed by atoms with van der Waals surface area (Å²) in [5.74, 6) is -0.997. The Morgan fingerprint density at radius 1 is 1.09 bits per heavy atom. The van der Waals surface area contributed by atoms with Gasteiger partial charge in [-0.1, -0.05) is 23.7 Å². The maximum atomic E-state index is 13.5. The lowest BCUT2D eigenvalue weighted by Gasteiger charge is -2.18. The predicted octanol–water partition coefficient (Wildman–Crippen LogP) is 4.91. The largest absolute Gasteiger partial charge is 0.344 e. The van der Waals surface area contributed by atoms with Crippen molar-refractivity contribution in [2.75, 3.05) is 0 Å². The van der Waals surface area contributed by atoms with Crippen LogP contribution in [0.15, 0.2) is 65.7 Å². The topological polar surface area (TPSA) is 102 Å². The Morgan fingerprint density at radius 2 is 1.80 bits per heavy atom. The fourth-order valence-electron chi connectivity index (χ4n) is 3.80. The van der Waals surface area contributed by atoms with Gasteiger partial charge in [-0.3, -0.25) is 9.78 Å². The number of rotatable bonds is 6. The number of carbonyl (C=O) groups excluding carboxylic acids is 1. The maximum Gasteiger partial charge on any atom is 0.251 e. The van der Waals surface area contributed by atoms with Crippen LogP contribution in [0, 0.1) is 5.82 Å². The molecule has 0 aliphatic heterocycles. The number of hydrogen-bond donors (Lipinski definition) is 1. The summed E-state index contributed by atoms with van der Waals surface area (Å²) in [6, 6.07) is 13.5. The van der Waals surface area contributed by atoms with Crippen molar-refractivity contribution in [3.8, 4) is 11.4 Å². The number of benzene rings is 2. The van der Waals surface area contributed by atoms with E-state index in [2.05, 4.69) is 15.3 Å². The van der Waals surface area contributed by atoms with Crippen LogP contribution in [0.3, 0.4) is 0 Å². The van der Waals surface area contributed by atoms with Gasteiger partial charge in [0, 0.05) is 10.6 Å². The van der Waals surface area contributed by atoms with Crippen molar-refractivity contribution in [1.29, 1.82) is 0 Å². The Morgan fingerprint density at radius 3 is 2.46 bits per heavy atom. The van der Waals surface area contributed by atoms with Gasteiger partial charge in [0.1, 0.15) is 11.5 Å². The molecule has 1 aliphatic carbocycles. The molecule has 0 unspecified atom stereocenters. The van der Waals surface area contributed by atoms with Crippen molar-refractivity contribution in [3.63, 3.8) is 0 Å². The molecule has 1 saturated carbocycles. The number of sulfone groups is 1. The molecule has 0 radical (unpaired) electrons. The number of halogens is 2. The van der Waals surface area contributed by atoms with E-state index in [1.165, 1.54) is 30.3 Å². The Balaban J connectivity index is 1.50. The summed E-state index contributed by atoms with van der Waals surface area (Å²) in [6.07, 6.45) is 2.30. The zero-order valence-electron chi connectivity index (χ0n) is 18.6. The highest BCUT2D eigenvalue weighted by Crippen LogP contribution is 2.35. The number of hydrogen-bond acceptors (Lipinski definition) is 6. The molecule has 0 bridgehead atoms. The molecular formula is C25H20ClFN4O3S. The average Bonchev–Trinajstić information content (AvgIpc) is 3.69. The molecule has 2 aromatic heterocycles. The number of carbonyl (C=O) groups is 1. The summed E-state index contributed by atoms with van der Waals surface area (Å²) >= 11 is 6.16. The van der Waals surface area contributed by atoms with Crippen LogP contribution < -0.4 is 5.32 Å². The molecule has 1 fully saturated rings. The zero-order chi connectivity index (χ0) is 24.7. The average molecular weight is 511 g/mol. The number of amides is 1. The van der Waals surface area contributed by atoms with Crippen LogP contribution in [0.4, 0.5) is 4.39 Å². The normalized spacial score (nSPS) is 14.6. The molecule has 1 amide bonds. The van der Waals surface area contributed by atoms with E-state index in [4.69, 9.17) is 16.6 Å². The van der Waals surface area contributed by atoms with E-state index in [9.17, 15) is 17.6 Å². The first kappa shape index (κ1) is 23.3. The van der Waals surface area contributed by atoms with Crippen molar-refractivity contribution in [2.24, 2.45) is 0 Å². The molecule has 1 N–H and O–H groups in total. The van der Waals surface area contributed by atoms with Gasteiger partial charge in [-0.15, -0.1) is 0 Å². The summed E-state index contributed by atoms with van der Waals surface area (Å²) in [6.45, 7) is 1.73. The Bertz CT molecular complexity index is 1560. The smallest absolute Gasteiger partial charge is 0.251 e. The van der Waals surface area contributed by atoms with Gasteiger partial charge >= 0.3 is 0 Å². The zero-order valence-corrected chi connectivity index (χ0v) is 20.1. The number of nitrogens with one attached hydrogen (secondary N) is 1. The van der Waals surface area contributed by atoms with Crippen molar-refractivity contribution in [2.45, 2.75) is 36.0 Å². The first-order valence-electron chi connectivity index (χ1n) is 11.0. The first-order chi connectivity index (χ1) is 16.7. The molecular weight excluding hydrogens is 491 g/mol.